The lowest BCUT2D eigenvalue weighted by Gasteiger charge is -2.28. The second-order valence-electron chi connectivity index (χ2n) is 4.87. The van der Waals surface area contributed by atoms with Gasteiger partial charge in [0.15, 0.2) is 0 Å². The number of rotatable bonds is 5. The first-order valence-electron chi connectivity index (χ1n) is 6.50. The van der Waals surface area contributed by atoms with Crippen LogP contribution in [0.3, 0.4) is 0 Å². The number of aryl methyl sites for hydroxylation is 1. The Labute approximate surface area is 113 Å². The lowest BCUT2D eigenvalue weighted by atomic mass is 10.2. The minimum absolute atomic E-state index is 0.0121. The summed E-state index contributed by atoms with van der Waals surface area (Å²) in [6.45, 7) is 4.45. The van der Waals surface area contributed by atoms with Crippen LogP contribution in [0.1, 0.15) is 5.56 Å². The summed E-state index contributed by atoms with van der Waals surface area (Å²) < 4.78 is 5.54. The van der Waals surface area contributed by atoms with Gasteiger partial charge in [0, 0.05) is 19.6 Å². The number of aliphatic hydroxyl groups is 1. The average Bonchev–Trinajstić information content (AvgIpc) is 2.36. The van der Waals surface area contributed by atoms with Crippen LogP contribution < -0.4 is 10.1 Å². The van der Waals surface area contributed by atoms with Gasteiger partial charge in [-0.05, 0) is 24.6 Å². The minimum Gasteiger partial charge on any atom is -0.491 e. The van der Waals surface area contributed by atoms with Gasteiger partial charge in [0.25, 0.3) is 0 Å². The van der Waals surface area contributed by atoms with Crippen LogP contribution in [0.4, 0.5) is 0 Å². The first kappa shape index (κ1) is 13.8. The topological polar surface area (TPSA) is 61.8 Å². The Kier molecular flexibility index (Phi) is 4.76. The monoisotopic (exact) mass is 264 g/mol. The predicted octanol–water partition coefficient (Wildman–Crippen LogP) is 0.167. The molecule has 0 saturated carbocycles. The Bertz CT molecular complexity index is 436. The summed E-state index contributed by atoms with van der Waals surface area (Å²) in [5.74, 6) is 0.772. The minimum atomic E-state index is -0.591. The zero-order chi connectivity index (χ0) is 13.7. The van der Waals surface area contributed by atoms with Crippen molar-refractivity contribution < 1.29 is 14.6 Å². The molecule has 2 N–H and O–H groups in total. The van der Waals surface area contributed by atoms with Crippen molar-refractivity contribution in [2.75, 3.05) is 32.8 Å². The van der Waals surface area contributed by atoms with Gasteiger partial charge in [-0.25, -0.2) is 0 Å². The molecule has 0 aromatic heterocycles. The molecule has 5 nitrogen and oxygen atoms in total. The Balaban J connectivity index is 1.75. The number of hydrogen-bond donors (Lipinski definition) is 2. The third-order valence-electron chi connectivity index (χ3n) is 3.02. The largest absolute Gasteiger partial charge is 0.491 e. The van der Waals surface area contributed by atoms with E-state index in [0.29, 0.717) is 19.6 Å². The maximum absolute atomic E-state index is 11.2. The fourth-order valence-corrected chi connectivity index (χ4v) is 2.10. The van der Waals surface area contributed by atoms with E-state index in [1.807, 2.05) is 36.1 Å². The molecule has 0 aliphatic carbocycles. The number of carbonyl (C=O) groups is 1. The molecule has 0 spiro atoms. The van der Waals surface area contributed by atoms with Gasteiger partial charge in [0.2, 0.25) is 5.91 Å². The summed E-state index contributed by atoms with van der Waals surface area (Å²) in [5.41, 5.74) is 1.12. The summed E-state index contributed by atoms with van der Waals surface area (Å²) in [7, 11) is 0. The first-order valence-corrected chi connectivity index (χ1v) is 6.50. The third kappa shape index (κ3) is 4.54. The molecule has 1 fully saturated rings. The van der Waals surface area contributed by atoms with E-state index in [4.69, 9.17) is 4.74 Å². The Morgan fingerprint density at radius 1 is 1.53 bits per heavy atom. The number of nitrogens with one attached hydrogen (secondary N) is 1. The van der Waals surface area contributed by atoms with Crippen molar-refractivity contribution in [2.45, 2.75) is 13.0 Å². The molecule has 104 valence electrons. The van der Waals surface area contributed by atoms with Gasteiger partial charge >= 0.3 is 0 Å². The van der Waals surface area contributed by atoms with Crippen LogP contribution in [-0.4, -0.2) is 54.8 Å². The van der Waals surface area contributed by atoms with Crippen molar-refractivity contribution >= 4 is 5.91 Å². The molecule has 1 aromatic carbocycles. The van der Waals surface area contributed by atoms with Crippen LogP contribution >= 0.6 is 0 Å². The van der Waals surface area contributed by atoms with E-state index in [1.165, 1.54) is 0 Å². The number of ether oxygens (including phenoxy) is 1. The maximum Gasteiger partial charge on any atom is 0.234 e. The molecule has 5 heteroatoms. The molecule has 2 rings (SSSR count). The Hall–Kier alpha value is -1.59. The number of carbonyl (C=O) groups excluding carboxylic acids is 1. The van der Waals surface area contributed by atoms with Gasteiger partial charge in [0.05, 0.1) is 6.54 Å². The molecule has 1 unspecified atom stereocenters. The SMILES string of the molecule is Cc1cccc(OCC(O)CN2CCNC(=O)C2)c1. The smallest absolute Gasteiger partial charge is 0.234 e. The first-order chi connectivity index (χ1) is 9.13. The van der Waals surface area contributed by atoms with E-state index in [0.717, 1.165) is 17.9 Å². The molecule has 1 saturated heterocycles. The van der Waals surface area contributed by atoms with E-state index in [9.17, 15) is 9.90 Å². The summed E-state index contributed by atoms with van der Waals surface area (Å²) in [4.78, 5) is 13.1. The number of piperazine rings is 1. The van der Waals surface area contributed by atoms with Gasteiger partial charge in [-0.2, -0.15) is 0 Å². The molecule has 1 atom stereocenters. The lowest BCUT2D eigenvalue weighted by Crippen LogP contribution is -2.50. The molecule has 1 aromatic rings. The van der Waals surface area contributed by atoms with Crippen molar-refractivity contribution in [2.24, 2.45) is 0 Å². The normalized spacial score (nSPS) is 17.9. The predicted molar refractivity (Wildman–Crippen MR) is 72.1 cm³/mol. The second-order valence-corrected chi connectivity index (χ2v) is 4.87. The zero-order valence-corrected chi connectivity index (χ0v) is 11.1. The van der Waals surface area contributed by atoms with Gasteiger partial charge < -0.3 is 15.2 Å². The molecule has 0 radical (unpaired) electrons. The van der Waals surface area contributed by atoms with E-state index in [2.05, 4.69) is 5.32 Å². The second kappa shape index (κ2) is 6.54. The number of hydrogen-bond acceptors (Lipinski definition) is 4. The fraction of sp³-hybridized carbons (Fsp3) is 0.500. The molecule has 1 aliphatic heterocycles. The highest BCUT2D eigenvalue weighted by Crippen LogP contribution is 2.12. The van der Waals surface area contributed by atoms with Gasteiger partial charge in [-0.15, -0.1) is 0 Å². The Morgan fingerprint density at radius 2 is 2.37 bits per heavy atom. The maximum atomic E-state index is 11.2. The van der Waals surface area contributed by atoms with E-state index in [-0.39, 0.29) is 12.5 Å². The number of nitrogens with zero attached hydrogens (tertiary/aromatic N) is 1. The van der Waals surface area contributed by atoms with Crippen molar-refractivity contribution in [3.05, 3.63) is 29.8 Å². The van der Waals surface area contributed by atoms with Crippen molar-refractivity contribution in [1.29, 1.82) is 0 Å². The highest BCUT2D eigenvalue weighted by Gasteiger charge is 2.19. The third-order valence-corrected chi connectivity index (χ3v) is 3.02. The highest BCUT2D eigenvalue weighted by molar-refractivity contribution is 5.78. The zero-order valence-electron chi connectivity index (χ0n) is 11.1. The van der Waals surface area contributed by atoms with Crippen LogP contribution in [-0.2, 0) is 4.79 Å². The summed E-state index contributed by atoms with van der Waals surface area (Å²) in [6.07, 6.45) is -0.591. The lowest BCUT2D eigenvalue weighted by molar-refractivity contribution is -0.124. The molecule has 0 bridgehead atoms. The van der Waals surface area contributed by atoms with Crippen molar-refractivity contribution in [3.8, 4) is 5.75 Å². The van der Waals surface area contributed by atoms with Gasteiger partial charge in [-0.1, -0.05) is 12.1 Å². The average molecular weight is 264 g/mol. The van der Waals surface area contributed by atoms with Crippen LogP contribution in [0, 0.1) is 6.92 Å². The van der Waals surface area contributed by atoms with Crippen LogP contribution in [0.25, 0.3) is 0 Å². The molecular weight excluding hydrogens is 244 g/mol. The number of β-amino-alcohol motifs (C(OH)–C–C–N with tert-alkyl or cyclic N) is 1. The van der Waals surface area contributed by atoms with E-state index < -0.39 is 6.10 Å². The standard InChI is InChI=1S/C14H20N2O3/c1-11-3-2-4-13(7-11)19-10-12(17)8-16-6-5-15-14(18)9-16/h2-4,7,12,17H,5-6,8-10H2,1H3,(H,15,18). The van der Waals surface area contributed by atoms with E-state index in [1.54, 1.807) is 0 Å². The van der Waals surface area contributed by atoms with E-state index >= 15 is 0 Å². The molecular formula is C14H20N2O3. The molecule has 1 aliphatic rings. The van der Waals surface area contributed by atoms with Crippen LogP contribution in [0.15, 0.2) is 24.3 Å². The summed E-state index contributed by atoms with van der Waals surface area (Å²) >= 11 is 0. The van der Waals surface area contributed by atoms with Crippen LogP contribution in [0.2, 0.25) is 0 Å². The molecule has 1 heterocycles. The summed E-state index contributed by atoms with van der Waals surface area (Å²) in [6, 6.07) is 7.72. The number of amides is 1. The quantitative estimate of drug-likeness (QED) is 0.795. The number of benzene rings is 1. The molecule has 19 heavy (non-hydrogen) atoms. The highest BCUT2D eigenvalue weighted by atomic mass is 16.5. The summed E-state index contributed by atoms with van der Waals surface area (Å²) in [5, 5.41) is 12.7. The van der Waals surface area contributed by atoms with Crippen molar-refractivity contribution in [1.82, 2.24) is 10.2 Å². The number of aliphatic hydroxyl groups excluding tert-OH is 1. The van der Waals surface area contributed by atoms with Gasteiger partial charge in [-0.3, -0.25) is 9.69 Å². The van der Waals surface area contributed by atoms with Gasteiger partial charge in [0.1, 0.15) is 18.5 Å². The van der Waals surface area contributed by atoms with Crippen LogP contribution in [0.5, 0.6) is 5.75 Å². The Morgan fingerprint density at radius 3 is 3.11 bits per heavy atom. The van der Waals surface area contributed by atoms with Crippen molar-refractivity contribution in [3.63, 3.8) is 0 Å². The molecule has 1 amide bonds. The fourth-order valence-electron chi connectivity index (χ4n) is 2.10.